The summed E-state index contributed by atoms with van der Waals surface area (Å²) < 4.78 is 0. The van der Waals surface area contributed by atoms with Crippen LogP contribution < -0.4 is 5.32 Å². The van der Waals surface area contributed by atoms with E-state index in [1.54, 1.807) is 0 Å². The van der Waals surface area contributed by atoms with Gasteiger partial charge in [0.15, 0.2) is 0 Å². The van der Waals surface area contributed by atoms with Crippen LogP contribution in [-0.2, 0) is 9.59 Å². The summed E-state index contributed by atoms with van der Waals surface area (Å²) in [5, 5.41) is 12.4. The molecule has 102 valence electrons. The third-order valence-electron chi connectivity index (χ3n) is 4.18. The number of hydrogen-bond acceptors (Lipinski definition) is 3. The first kappa shape index (κ1) is 13.3. The molecule has 2 N–H and O–H groups in total. The maximum atomic E-state index is 12.3. The highest BCUT2D eigenvalue weighted by atomic mass is 16.4. The lowest BCUT2D eigenvalue weighted by atomic mass is 9.89. The second-order valence-corrected chi connectivity index (χ2v) is 5.44. The summed E-state index contributed by atoms with van der Waals surface area (Å²) in [7, 11) is 0. The van der Waals surface area contributed by atoms with Crippen molar-refractivity contribution >= 4 is 11.9 Å². The summed E-state index contributed by atoms with van der Waals surface area (Å²) in [6.07, 6.45) is 2.92. The molecule has 0 aromatic heterocycles. The van der Waals surface area contributed by atoms with Crippen LogP contribution in [0.3, 0.4) is 0 Å². The maximum Gasteiger partial charge on any atom is 0.308 e. The Labute approximate surface area is 108 Å². The molecule has 2 bridgehead atoms. The molecule has 2 aliphatic rings. The molecule has 2 rings (SSSR count). The normalized spacial score (nSPS) is 31.7. The number of carbonyl (C=O) groups excluding carboxylic acids is 1. The SMILES string of the molecule is CCNC(C)CC(=O)N1C2CCC1C(C(=O)O)C2. The minimum absolute atomic E-state index is 0.0613. The number of nitrogens with one attached hydrogen (secondary N) is 1. The lowest BCUT2D eigenvalue weighted by Gasteiger charge is -2.24. The molecule has 18 heavy (non-hydrogen) atoms. The zero-order valence-electron chi connectivity index (χ0n) is 11.1. The van der Waals surface area contributed by atoms with Gasteiger partial charge in [0.1, 0.15) is 0 Å². The van der Waals surface area contributed by atoms with E-state index in [2.05, 4.69) is 5.32 Å². The first-order valence-corrected chi connectivity index (χ1v) is 6.82. The van der Waals surface area contributed by atoms with E-state index in [4.69, 9.17) is 5.11 Å². The van der Waals surface area contributed by atoms with Gasteiger partial charge in [-0.3, -0.25) is 9.59 Å². The summed E-state index contributed by atoms with van der Waals surface area (Å²) in [5.74, 6) is -0.985. The number of rotatable bonds is 5. The number of nitrogens with zero attached hydrogens (tertiary/aromatic N) is 1. The van der Waals surface area contributed by atoms with Crippen LogP contribution >= 0.6 is 0 Å². The van der Waals surface area contributed by atoms with Crippen LogP contribution in [0.25, 0.3) is 0 Å². The minimum Gasteiger partial charge on any atom is -0.481 e. The first-order chi connectivity index (χ1) is 8.54. The van der Waals surface area contributed by atoms with Crippen LogP contribution in [0.4, 0.5) is 0 Å². The van der Waals surface area contributed by atoms with Gasteiger partial charge in [0.05, 0.1) is 5.92 Å². The monoisotopic (exact) mass is 254 g/mol. The molecule has 5 heteroatoms. The van der Waals surface area contributed by atoms with Gasteiger partial charge in [0, 0.05) is 24.5 Å². The number of aliphatic carboxylic acids is 1. The molecular weight excluding hydrogens is 232 g/mol. The number of carboxylic acids is 1. The van der Waals surface area contributed by atoms with Crippen molar-refractivity contribution in [2.45, 2.75) is 57.7 Å². The van der Waals surface area contributed by atoms with Crippen LogP contribution in [0.1, 0.15) is 39.5 Å². The van der Waals surface area contributed by atoms with Gasteiger partial charge in [-0.2, -0.15) is 0 Å². The predicted octanol–water partition coefficient (Wildman–Crippen LogP) is 0.839. The van der Waals surface area contributed by atoms with Crippen LogP contribution in [0, 0.1) is 5.92 Å². The third-order valence-corrected chi connectivity index (χ3v) is 4.18. The Kier molecular flexibility index (Phi) is 3.90. The van der Waals surface area contributed by atoms with Gasteiger partial charge < -0.3 is 15.3 Å². The van der Waals surface area contributed by atoms with Crippen molar-refractivity contribution in [1.82, 2.24) is 10.2 Å². The molecule has 0 aromatic rings. The van der Waals surface area contributed by atoms with E-state index in [1.165, 1.54) is 0 Å². The summed E-state index contributed by atoms with van der Waals surface area (Å²) >= 11 is 0. The minimum atomic E-state index is -0.750. The predicted molar refractivity (Wildman–Crippen MR) is 67.2 cm³/mol. The number of amides is 1. The van der Waals surface area contributed by atoms with Crippen LogP contribution in [0.5, 0.6) is 0 Å². The molecule has 0 aliphatic carbocycles. The van der Waals surface area contributed by atoms with E-state index < -0.39 is 5.97 Å². The van der Waals surface area contributed by atoms with Crippen molar-refractivity contribution in [3.63, 3.8) is 0 Å². The Balaban J connectivity index is 1.97. The van der Waals surface area contributed by atoms with Crippen molar-refractivity contribution < 1.29 is 14.7 Å². The van der Waals surface area contributed by atoms with Gasteiger partial charge in [-0.1, -0.05) is 6.92 Å². The van der Waals surface area contributed by atoms with Gasteiger partial charge in [0.2, 0.25) is 5.91 Å². The number of carboxylic acid groups (broad SMARTS) is 1. The summed E-state index contributed by atoms with van der Waals surface area (Å²) in [5.41, 5.74) is 0. The Morgan fingerprint density at radius 1 is 1.44 bits per heavy atom. The topological polar surface area (TPSA) is 69.6 Å². The van der Waals surface area contributed by atoms with Crippen molar-refractivity contribution in [2.75, 3.05) is 6.54 Å². The zero-order chi connectivity index (χ0) is 13.3. The van der Waals surface area contributed by atoms with Gasteiger partial charge in [-0.05, 0) is 32.7 Å². The van der Waals surface area contributed by atoms with E-state index in [-0.39, 0.29) is 30.0 Å². The molecule has 4 atom stereocenters. The fourth-order valence-corrected chi connectivity index (χ4v) is 3.43. The van der Waals surface area contributed by atoms with Gasteiger partial charge >= 0.3 is 5.97 Å². The largest absolute Gasteiger partial charge is 0.481 e. The van der Waals surface area contributed by atoms with E-state index in [0.29, 0.717) is 12.8 Å². The average Bonchev–Trinajstić information content (AvgIpc) is 2.85. The van der Waals surface area contributed by atoms with E-state index >= 15 is 0 Å². The van der Waals surface area contributed by atoms with Gasteiger partial charge in [-0.15, -0.1) is 0 Å². The van der Waals surface area contributed by atoms with Crippen LogP contribution in [0.2, 0.25) is 0 Å². The second-order valence-electron chi connectivity index (χ2n) is 5.44. The molecule has 2 saturated heterocycles. The number of carbonyl (C=O) groups is 2. The van der Waals surface area contributed by atoms with Gasteiger partial charge in [-0.25, -0.2) is 0 Å². The fraction of sp³-hybridized carbons (Fsp3) is 0.846. The highest BCUT2D eigenvalue weighted by Gasteiger charge is 2.51. The lowest BCUT2D eigenvalue weighted by Crippen LogP contribution is -2.41. The highest BCUT2D eigenvalue weighted by Crippen LogP contribution is 2.42. The van der Waals surface area contributed by atoms with Crippen molar-refractivity contribution in [3.05, 3.63) is 0 Å². The standard InChI is InChI=1S/C13H22N2O3/c1-3-14-8(2)6-12(16)15-9-4-5-11(15)10(7-9)13(17)18/h8-11,14H,3-7H2,1-2H3,(H,17,18). The molecule has 2 fully saturated rings. The second kappa shape index (κ2) is 5.26. The Bertz CT molecular complexity index is 345. The zero-order valence-corrected chi connectivity index (χ0v) is 11.1. The lowest BCUT2D eigenvalue weighted by molar-refractivity contribution is -0.143. The smallest absolute Gasteiger partial charge is 0.308 e. The Morgan fingerprint density at radius 3 is 2.72 bits per heavy atom. The molecule has 0 spiro atoms. The van der Waals surface area contributed by atoms with E-state index in [9.17, 15) is 9.59 Å². The summed E-state index contributed by atoms with van der Waals surface area (Å²) in [6.45, 7) is 4.86. The number of hydrogen-bond donors (Lipinski definition) is 2. The summed E-state index contributed by atoms with van der Waals surface area (Å²) in [4.78, 5) is 25.2. The quantitative estimate of drug-likeness (QED) is 0.762. The van der Waals surface area contributed by atoms with Crippen molar-refractivity contribution in [2.24, 2.45) is 5.92 Å². The van der Waals surface area contributed by atoms with Gasteiger partial charge in [0.25, 0.3) is 0 Å². The Morgan fingerprint density at radius 2 is 2.17 bits per heavy atom. The summed E-state index contributed by atoms with van der Waals surface area (Å²) in [6, 6.07) is 0.261. The Hall–Kier alpha value is -1.10. The van der Waals surface area contributed by atoms with Crippen molar-refractivity contribution in [3.8, 4) is 0 Å². The molecular formula is C13H22N2O3. The van der Waals surface area contributed by atoms with Crippen LogP contribution in [-0.4, -0.2) is 46.6 Å². The maximum absolute atomic E-state index is 12.3. The molecule has 2 aliphatic heterocycles. The molecule has 4 unspecified atom stereocenters. The molecule has 1 amide bonds. The van der Waals surface area contributed by atoms with Crippen molar-refractivity contribution in [1.29, 1.82) is 0 Å². The molecule has 2 heterocycles. The molecule has 5 nitrogen and oxygen atoms in total. The van der Waals surface area contributed by atoms with E-state index in [0.717, 1.165) is 19.4 Å². The molecule has 0 aromatic carbocycles. The first-order valence-electron chi connectivity index (χ1n) is 6.82. The van der Waals surface area contributed by atoms with Crippen LogP contribution in [0.15, 0.2) is 0 Å². The fourth-order valence-electron chi connectivity index (χ4n) is 3.43. The average molecular weight is 254 g/mol. The van der Waals surface area contributed by atoms with E-state index in [1.807, 2.05) is 18.7 Å². The number of fused-ring (bicyclic) bond motifs is 2. The molecule has 0 radical (unpaired) electrons. The molecule has 0 saturated carbocycles. The third kappa shape index (κ3) is 2.36. The highest BCUT2D eigenvalue weighted by molar-refractivity contribution is 5.81.